The first-order valence-electron chi connectivity index (χ1n) is 6.45. The monoisotopic (exact) mass is 336 g/mol. The molecule has 23 heavy (non-hydrogen) atoms. The summed E-state index contributed by atoms with van der Waals surface area (Å²) in [7, 11) is -3.61. The number of hydrogen-bond donors (Lipinski definition) is 2. The molecule has 0 unspecified atom stereocenters. The summed E-state index contributed by atoms with van der Waals surface area (Å²) in [5.74, 6) is -2.42. The van der Waals surface area contributed by atoms with E-state index < -0.39 is 27.5 Å². The molecule has 2 aromatic carbocycles. The first-order chi connectivity index (χ1) is 10.8. The van der Waals surface area contributed by atoms with Gasteiger partial charge < -0.3 is 0 Å². The van der Waals surface area contributed by atoms with Gasteiger partial charge in [-0.1, -0.05) is 24.3 Å². The average molecular weight is 336 g/mol. The number of amides is 2. The summed E-state index contributed by atoms with van der Waals surface area (Å²) in [4.78, 5) is 23.7. The molecule has 0 aliphatic rings. The molecule has 0 saturated carbocycles. The number of rotatable bonds is 3. The molecule has 0 heterocycles. The Morgan fingerprint density at radius 1 is 0.870 bits per heavy atom. The maximum Gasteiger partial charge on any atom is 0.272 e. The Labute approximate surface area is 132 Å². The van der Waals surface area contributed by atoms with Gasteiger partial charge in [-0.3, -0.25) is 20.4 Å². The lowest BCUT2D eigenvalue weighted by Crippen LogP contribution is -2.42. The van der Waals surface area contributed by atoms with Gasteiger partial charge in [0.2, 0.25) is 0 Å². The fourth-order valence-corrected chi connectivity index (χ4v) is 2.76. The van der Waals surface area contributed by atoms with E-state index in [4.69, 9.17) is 0 Å². The van der Waals surface area contributed by atoms with Crippen molar-refractivity contribution in [3.63, 3.8) is 0 Å². The molecule has 120 valence electrons. The molecule has 0 atom stereocenters. The summed E-state index contributed by atoms with van der Waals surface area (Å²) in [6.45, 7) is 0. The van der Waals surface area contributed by atoms with E-state index in [1.165, 1.54) is 42.5 Å². The topological polar surface area (TPSA) is 92.3 Å². The number of halogens is 1. The molecule has 0 fully saturated rings. The predicted molar refractivity (Wildman–Crippen MR) is 80.9 cm³/mol. The summed E-state index contributed by atoms with van der Waals surface area (Å²) in [6.07, 6.45) is 0.969. The first kappa shape index (κ1) is 16.6. The van der Waals surface area contributed by atoms with Gasteiger partial charge in [0.25, 0.3) is 11.8 Å². The van der Waals surface area contributed by atoms with Crippen molar-refractivity contribution in [1.82, 2.24) is 10.9 Å². The minimum absolute atomic E-state index is 0.121. The van der Waals surface area contributed by atoms with Gasteiger partial charge in [0, 0.05) is 6.26 Å². The molecule has 0 aliphatic carbocycles. The molecule has 2 N–H and O–H groups in total. The molecule has 0 aromatic heterocycles. The van der Waals surface area contributed by atoms with Gasteiger partial charge in [0.1, 0.15) is 5.82 Å². The minimum atomic E-state index is -3.61. The van der Waals surface area contributed by atoms with Gasteiger partial charge in [-0.15, -0.1) is 0 Å². The van der Waals surface area contributed by atoms with Crippen molar-refractivity contribution in [2.24, 2.45) is 0 Å². The zero-order valence-electron chi connectivity index (χ0n) is 12.0. The maximum absolute atomic E-state index is 13.5. The van der Waals surface area contributed by atoms with Crippen molar-refractivity contribution in [3.05, 3.63) is 65.5 Å². The smallest absolute Gasteiger partial charge is 0.267 e. The number of hydrogen-bond acceptors (Lipinski definition) is 4. The van der Waals surface area contributed by atoms with Crippen molar-refractivity contribution >= 4 is 21.7 Å². The molecule has 0 saturated heterocycles. The normalized spacial score (nSPS) is 10.9. The largest absolute Gasteiger partial charge is 0.272 e. The Balaban J connectivity index is 2.15. The fraction of sp³-hybridized carbons (Fsp3) is 0.0667. The standard InChI is InChI=1S/C15H13FN2O4S/c1-23(21,22)13-9-5-3-7-11(13)15(20)18-17-14(19)10-6-2-4-8-12(10)16/h2-9H,1H3,(H,17,19)(H,18,20). The SMILES string of the molecule is CS(=O)(=O)c1ccccc1C(=O)NNC(=O)c1ccccc1F. The van der Waals surface area contributed by atoms with Gasteiger partial charge >= 0.3 is 0 Å². The Hall–Kier alpha value is -2.74. The zero-order valence-corrected chi connectivity index (χ0v) is 12.9. The molecule has 0 spiro atoms. The van der Waals surface area contributed by atoms with Crippen LogP contribution in [0, 0.1) is 5.82 Å². The second-order valence-electron chi connectivity index (χ2n) is 4.66. The van der Waals surface area contributed by atoms with Crippen LogP contribution < -0.4 is 10.9 Å². The van der Waals surface area contributed by atoms with Crippen LogP contribution in [0.5, 0.6) is 0 Å². The second kappa shape index (κ2) is 6.57. The Morgan fingerprint density at radius 3 is 1.91 bits per heavy atom. The molecule has 2 rings (SSSR count). The van der Waals surface area contributed by atoms with Gasteiger partial charge in [-0.2, -0.15) is 0 Å². The summed E-state index contributed by atoms with van der Waals surface area (Å²) in [5.41, 5.74) is 3.74. The fourth-order valence-electron chi connectivity index (χ4n) is 1.87. The highest BCUT2D eigenvalue weighted by Crippen LogP contribution is 2.14. The third-order valence-corrected chi connectivity index (χ3v) is 4.09. The van der Waals surface area contributed by atoms with Crippen molar-refractivity contribution in [1.29, 1.82) is 0 Å². The zero-order chi connectivity index (χ0) is 17.0. The van der Waals surface area contributed by atoms with E-state index in [0.29, 0.717) is 0 Å². The van der Waals surface area contributed by atoms with Crippen LogP contribution in [0.15, 0.2) is 53.4 Å². The molecule has 0 bridgehead atoms. The van der Waals surface area contributed by atoms with Gasteiger partial charge in [-0.25, -0.2) is 12.8 Å². The highest BCUT2D eigenvalue weighted by molar-refractivity contribution is 7.90. The van der Waals surface area contributed by atoms with Crippen LogP contribution in [0.25, 0.3) is 0 Å². The number of sulfone groups is 1. The third-order valence-electron chi connectivity index (χ3n) is 2.94. The van der Waals surface area contributed by atoms with E-state index in [1.54, 1.807) is 0 Å². The Morgan fingerprint density at radius 2 is 1.35 bits per heavy atom. The van der Waals surface area contributed by atoms with E-state index in [-0.39, 0.29) is 16.0 Å². The molecule has 6 nitrogen and oxygen atoms in total. The number of nitrogens with one attached hydrogen (secondary N) is 2. The maximum atomic E-state index is 13.5. The van der Waals surface area contributed by atoms with E-state index in [2.05, 4.69) is 5.43 Å². The molecule has 0 aliphatic heterocycles. The third kappa shape index (κ3) is 3.92. The van der Waals surface area contributed by atoms with Crippen LogP contribution in [0.3, 0.4) is 0 Å². The van der Waals surface area contributed by atoms with E-state index in [1.807, 2.05) is 5.43 Å². The highest BCUT2D eigenvalue weighted by Gasteiger charge is 2.19. The van der Waals surface area contributed by atoms with Gasteiger partial charge in [0.05, 0.1) is 16.0 Å². The van der Waals surface area contributed by atoms with Crippen LogP contribution in [0.4, 0.5) is 4.39 Å². The van der Waals surface area contributed by atoms with Crippen LogP contribution in [-0.4, -0.2) is 26.5 Å². The molecular weight excluding hydrogens is 323 g/mol. The van der Waals surface area contributed by atoms with Gasteiger partial charge in [0.15, 0.2) is 9.84 Å². The lowest BCUT2D eigenvalue weighted by Gasteiger charge is -2.10. The van der Waals surface area contributed by atoms with Crippen LogP contribution in [0.2, 0.25) is 0 Å². The van der Waals surface area contributed by atoms with Gasteiger partial charge in [-0.05, 0) is 24.3 Å². The summed E-state index contributed by atoms with van der Waals surface area (Å²) in [5, 5.41) is 0. The van der Waals surface area contributed by atoms with Crippen molar-refractivity contribution in [3.8, 4) is 0 Å². The van der Waals surface area contributed by atoms with E-state index in [0.717, 1.165) is 12.3 Å². The Bertz CT molecular complexity index is 865. The van der Waals surface area contributed by atoms with E-state index in [9.17, 15) is 22.4 Å². The molecule has 8 heteroatoms. The number of carbonyl (C=O) groups excluding carboxylic acids is 2. The molecular formula is C15H13FN2O4S. The van der Waals surface area contributed by atoms with Crippen molar-refractivity contribution < 1.29 is 22.4 Å². The van der Waals surface area contributed by atoms with E-state index >= 15 is 0 Å². The Kier molecular flexibility index (Phi) is 4.75. The van der Waals surface area contributed by atoms with Crippen LogP contribution >= 0.6 is 0 Å². The summed E-state index contributed by atoms with van der Waals surface area (Å²) < 4.78 is 36.7. The molecule has 2 amide bonds. The highest BCUT2D eigenvalue weighted by atomic mass is 32.2. The van der Waals surface area contributed by atoms with Crippen LogP contribution in [-0.2, 0) is 9.84 Å². The quantitative estimate of drug-likeness (QED) is 0.827. The van der Waals surface area contributed by atoms with Crippen molar-refractivity contribution in [2.75, 3.05) is 6.26 Å². The number of carbonyl (C=O) groups is 2. The molecule has 2 aromatic rings. The first-order valence-corrected chi connectivity index (χ1v) is 8.34. The predicted octanol–water partition coefficient (Wildman–Crippen LogP) is 1.30. The summed E-state index contributed by atoms with van der Waals surface area (Å²) in [6, 6.07) is 10.8. The molecule has 0 radical (unpaired) electrons. The second-order valence-corrected chi connectivity index (χ2v) is 6.64. The van der Waals surface area contributed by atoms with Crippen LogP contribution in [0.1, 0.15) is 20.7 Å². The summed E-state index contributed by atoms with van der Waals surface area (Å²) >= 11 is 0. The average Bonchev–Trinajstić information content (AvgIpc) is 2.52. The lowest BCUT2D eigenvalue weighted by atomic mass is 10.2. The lowest BCUT2D eigenvalue weighted by molar-refractivity contribution is 0.0842. The minimum Gasteiger partial charge on any atom is -0.267 e. The number of benzene rings is 2. The van der Waals surface area contributed by atoms with Crippen molar-refractivity contribution in [2.45, 2.75) is 4.90 Å². The number of hydrazine groups is 1.